The van der Waals surface area contributed by atoms with Crippen LogP contribution in [0.1, 0.15) is 56.4 Å². The topological polar surface area (TPSA) is 42.0 Å². The predicted molar refractivity (Wildman–Crippen MR) is 123 cm³/mol. The largest absolute Gasteiger partial charge is 0.326 e. The molecule has 1 spiro atoms. The Hall–Kier alpha value is -2.39. The van der Waals surface area contributed by atoms with Crippen molar-refractivity contribution >= 4 is 34.1 Å². The quantitative estimate of drug-likeness (QED) is 0.497. The zero-order valence-electron chi connectivity index (χ0n) is 17.1. The minimum absolute atomic E-state index is 0.120. The molecule has 3 aromatic rings. The van der Waals surface area contributed by atoms with Crippen LogP contribution in [-0.2, 0) is 4.79 Å². The van der Waals surface area contributed by atoms with Gasteiger partial charge in [0.2, 0.25) is 5.91 Å². The third kappa shape index (κ3) is 3.96. The number of hydrogen-bond donors (Lipinski definition) is 1. The van der Waals surface area contributed by atoms with Gasteiger partial charge in [-0.25, -0.2) is 0 Å². The predicted octanol–water partition coefficient (Wildman–Crippen LogP) is 6.97. The van der Waals surface area contributed by atoms with E-state index >= 15 is 0 Å². The first-order valence-electron chi connectivity index (χ1n) is 11.0. The summed E-state index contributed by atoms with van der Waals surface area (Å²) >= 11 is 5.91. The summed E-state index contributed by atoms with van der Waals surface area (Å²) < 4.78 is 0. The van der Waals surface area contributed by atoms with Gasteiger partial charge in [0.15, 0.2) is 0 Å². The first-order valence-corrected chi connectivity index (χ1v) is 11.4. The van der Waals surface area contributed by atoms with Crippen molar-refractivity contribution in [1.82, 2.24) is 4.98 Å². The maximum atomic E-state index is 12.4. The molecule has 2 aliphatic carbocycles. The highest BCUT2D eigenvalue weighted by atomic mass is 35.5. The number of halogens is 1. The van der Waals surface area contributed by atoms with Crippen LogP contribution in [0.5, 0.6) is 0 Å². The summed E-state index contributed by atoms with van der Waals surface area (Å²) in [5.41, 5.74) is 3.87. The van der Waals surface area contributed by atoms with Gasteiger partial charge in [-0.15, -0.1) is 0 Å². The maximum absolute atomic E-state index is 12.4. The Morgan fingerprint density at radius 1 is 1.03 bits per heavy atom. The van der Waals surface area contributed by atoms with Crippen molar-refractivity contribution < 1.29 is 4.79 Å². The van der Waals surface area contributed by atoms with E-state index in [4.69, 9.17) is 11.6 Å². The number of rotatable bonds is 4. The van der Waals surface area contributed by atoms with Crippen molar-refractivity contribution in [3.05, 3.63) is 71.4 Å². The highest BCUT2D eigenvalue weighted by Crippen LogP contribution is 2.58. The molecule has 0 aliphatic heterocycles. The van der Waals surface area contributed by atoms with Gasteiger partial charge in [-0.2, -0.15) is 0 Å². The second-order valence-corrected chi connectivity index (χ2v) is 9.66. The molecule has 2 aliphatic rings. The van der Waals surface area contributed by atoms with Gasteiger partial charge in [0, 0.05) is 28.7 Å². The Kier molecular flexibility index (Phi) is 5.24. The molecule has 154 valence electrons. The summed E-state index contributed by atoms with van der Waals surface area (Å²) in [5, 5.41) is 5.00. The lowest BCUT2D eigenvalue weighted by Crippen LogP contribution is -2.41. The van der Waals surface area contributed by atoms with Crippen LogP contribution in [-0.4, -0.2) is 10.9 Å². The van der Waals surface area contributed by atoms with Gasteiger partial charge in [0.05, 0.1) is 5.52 Å². The van der Waals surface area contributed by atoms with Crippen LogP contribution in [0.4, 0.5) is 5.69 Å². The van der Waals surface area contributed by atoms with Crippen LogP contribution in [0.2, 0.25) is 5.02 Å². The molecule has 0 bridgehead atoms. The lowest BCUT2D eigenvalue weighted by atomic mass is 9.53. The number of nitrogens with one attached hydrogen (secondary N) is 1. The fraction of sp³-hybridized carbons (Fsp3) is 0.385. The molecule has 2 fully saturated rings. The minimum atomic E-state index is 0.120. The van der Waals surface area contributed by atoms with Crippen molar-refractivity contribution in [2.45, 2.75) is 50.9 Å². The summed E-state index contributed by atoms with van der Waals surface area (Å²) in [6.45, 7) is 0. The number of nitrogens with zero attached hydrogens (tertiary/aromatic N) is 1. The van der Waals surface area contributed by atoms with Gasteiger partial charge in [0.25, 0.3) is 0 Å². The molecule has 1 heterocycles. The Morgan fingerprint density at radius 3 is 2.53 bits per heavy atom. The summed E-state index contributed by atoms with van der Waals surface area (Å²) in [7, 11) is 0. The van der Waals surface area contributed by atoms with Gasteiger partial charge in [-0.1, -0.05) is 29.8 Å². The first-order chi connectivity index (χ1) is 14.6. The monoisotopic (exact) mass is 418 g/mol. The Bertz CT molecular complexity index is 1040. The fourth-order valence-corrected chi connectivity index (χ4v) is 5.87. The van der Waals surface area contributed by atoms with Crippen molar-refractivity contribution in [3.63, 3.8) is 0 Å². The molecule has 2 saturated carbocycles. The van der Waals surface area contributed by atoms with Gasteiger partial charge in [-0.05, 0) is 97.7 Å². The molecule has 1 N–H and O–H groups in total. The minimum Gasteiger partial charge on any atom is -0.326 e. The van der Waals surface area contributed by atoms with Crippen molar-refractivity contribution in [1.29, 1.82) is 0 Å². The Labute approximate surface area is 182 Å². The SMILES string of the molecule is O=C(CC1CC2(CCC(c3ccnc4ccccc34)CC2)C1)Nc1ccc(Cl)cc1. The number of carbonyl (C=O) groups excluding carboxylic acids is 1. The molecular weight excluding hydrogens is 392 g/mol. The number of pyridine rings is 1. The number of benzene rings is 2. The lowest BCUT2D eigenvalue weighted by Gasteiger charge is -2.52. The molecule has 30 heavy (non-hydrogen) atoms. The first kappa shape index (κ1) is 19.6. The van der Waals surface area contributed by atoms with E-state index in [9.17, 15) is 4.79 Å². The molecule has 0 atom stereocenters. The number of anilines is 1. The summed E-state index contributed by atoms with van der Waals surface area (Å²) in [5.74, 6) is 1.28. The normalized spacial score (nSPS) is 25.8. The van der Waals surface area contributed by atoms with Crippen LogP contribution >= 0.6 is 11.6 Å². The van der Waals surface area contributed by atoms with E-state index < -0.39 is 0 Å². The Morgan fingerprint density at radius 2 is 1.77 bits per heavy atom. The number of para-hydroxylation sites is 1. The van der Waals surface area contributed by atoms with E-state index in [-0.39, 0.29) is 5.91 Å². The van der Waals surface area contributed by atoms with E-state index in [1.54, 1.807) is 12.1 Å². The van der Waals surface area contributed by atoms with Crippen LogP contribution < -0.4 is 5.32 Å². The second kappa shape index (κ2) is 8.03. The zero-order valence-corrected chi connectivity index (χ0v) is 17.9. The van der Waals surface area contributed by atoms with Gasteiger partial charge >= 0.3 is 0 Å². The molecule has 5 rings (SSSR count). The smallest absolute Gasteiger partial charge is 0.224 e. The van der Waals surface area contributed by atoms with E-state index in [1.165, 1.54) is 49.5 Å². The van der Waals surface area contributed by atoms with E-state index in [1.807, 2.05) is 18.3 Å². The molecule has 4 heteroatoms. The lowest BCUT2D eigenvalue weighted by molar-refractivity contribution is -0.119. The second-order valence-electron chi connectivity index (χ2n) is 9.23. The zero-order chi connectivity index (χ0) is 20.6. The Balaban J connectivity index is 1.14. The highest BCUT2D eigenvalue weighted by molar-refractivity contribution is 6.30. The van der Waals surface area contributed by atoms with E-state index in [0.717, 1.165) is 11.2 Å². The molecule has 0 saturated heterocycles. The van der Waals surface area contributed by atoms with Crippen LogP contribution in [0.15, 0.2) is 60.8 Å². The summed E-state index contributed by atoms with van der Waals surface area (Å²) in [4.78, 5) is 16.9. The molecule has 0 radical (unpaired) electrons. The third-order valence-corrected chi connectivity index (χ3v) is 7.47. The molecule has 1 amide bonds. The van der Waals surface area contributed by atoms with E-state index in [2.05, 4.69) is 40.6 Å². The van der Waals surface area contributed by atoms with Crippen molar-refractivity contribution in [2.75, 3.05) is 5.32 Å². The number of aromatic nitrogens is 1. The molecular formula is C26H27ClN2O. The van der Waals surface area contributed by atoms with Crippen molar-refractivity contribution in [2.24, 2.45) is 11.3 Å². The van der Waals surface area contributed by atoms with Crippen molar-refractivity contribution in [3.8, 4) is 0 Å². The number of carbonyl (C=O) groups is 1. The molecule has 2 aromatic carbocycles. The number of amides is 1. The average molecular weight is 419 g/mol. The van der Waals surface area contributed by atoms with Gasteiger partial charge < -0.3 is 5.32 Å². The summed E-state index contributed by atoms with van der Waals surface area (Å²) in [6.07, 6.45) is 10.0. The molecule has 0 unspecified atom stereocenters. The van der Waals surface area contributed by atoms with E-state index in [0.29, 0.717) is 28.7 Å². The van der Waals surface area contributed by atoms with Crippen LogP contribution in [0.3, 0.4) is 0 Å². The van der Waals surface area contributed by atoms with Crippen LogP contribution in [0, 0.1) is 11.3 Å². The van der Waals surface area contributed by atoms with Gasteiger partial charge in [-0.3, -0.25) is 9.78 Å². The highest BCUT2D eigenvalue weighted by Gasteiger charge is 2.46. The van der Waals surface area contributed by atoms with Crippen LogP contribution in [0.25, 0.3) is 10.9 Å². The maximum Gasteiger partial charge on any atom is 0.224 e. The standard InChI is InChI=1S/C26H27ClN2O/c27-20-5-7-21(8-6-20)29-25(30)15-18-16-26(17-18)12-9-19(10-13-26)22-11-14-28-24-4-2-1-3-23(22)24/h1-8,11,14,18-19H,9-10,12-13,15-17H2,(H,29,30). The molecule has 3 nitrogen and oxygen atoms in total. The number of hydrogen-bond acceptors (Lipinski definition) is 2. The number of fused-ring (bicyclic) bond motifs is 1. The molecule has 1 aromatic heterocycles. The third-order valence-electron chi connectivity index (χ3n) is 7.21. The fourth-order valence-electron chi connectivity index (χ4n) is 5.74. The average Bonchev–Trinajstić information content (AvgIpc) is 2.74. The summed E-state index contributed by atoms with van der Waals surface area (Å²) in [6, 6.07) is 18.0. The van der Waals surface area contributed by atoms with Gasteiger partial charge in [0.1, 0.15) is 0 Å².